The van der Waals surface area contributed by atoms with Crippen LogP contribution in [0.1, 0.15) is 32.1 Å². The minimum atomic E-state index is 0.0814. The maximum Gasteiger partial charge on any atom is 0.223 e. The SMILES string of the molecule is C#CCN1CCC(C(=O)N[C@H]2CCC[C@@H]2Oc2ccccc2)CC1. The molecular weight excluding hydrogens is 300 g/mol. The van der Waals surface area contributed by atoms with E-state index in [9.17, 15) is 4.79 Å². The van der Waals surface area contributed by atoms with Gasteiger partial charge >= 0.3 is 0 Å². The number of amides is 1. The van der Waals surface area contributed by atoms with E-state index in [4.69, 9.17) is 11.2 Å². The molecular formula is C20H26N2O2. The molecule has 0 spiro atoms. The second-order valence-corrected chi connectivity index (χ2v) is 6.77. The van der Waals surface area contributed by atoms with Crippen LogP contribution in [0.5, 0.6) is 5.75 Å². The Morgan fingerprint density at radius 2 is 1.96 bits per heavy atom. The van der Waals surface area contributed by atoms with Gasteiger partial charge in [0.15, 0.2) is 0 Å². The summed E-state index contributed by atoms with van der Waals surface area (Å²) in [6.07, 6.45) is 10.3. The Labute approximate surface area is 144 Å². The van der Waals surface area contributed by atoms with Gasteiger partial charge in [-0.2, -0.15) is 0 Å². The molecule has 2 aliphatic rings. The fraction of sp³-hybridized carbons (Fsp3) is 0.550. The number of likely N-dealkylation sites (tertiary alicyclic amines) is 1. The van der Waals surface area contributed by atoms with Gasteiger partial charge in [0, 0.05) is 5.92 Å². The number of hydrogen-bond acceptors (Lipinski definition) is 3. The number of hydrogen-bond donors (Lipinski definition) is 1. The Bertz CT molecular complexity index is 573. The van der Waals surface area contributed by atoms with Crippen molar-refractivity contribution in [2.24, 2.45) is 5.92 Å². The van der Waals surface area contributed by atoms with Crippen LogP contribution < -0.4 is 10.1 Å². The smallest absolute Gasteiger partial charge is 0.223 e. The number of carbonyl (C=O) groups excluding carboxylic acids is 1. The highest BCUT2D eigenvalue weighted by molar-refractivity contribution is 5.79. The largest absolute Gasteiger partial charge is 0.488 e. The van der Waals surface area contributed by atoms with Crippen molar-refractivity contribution in [1.82, 2.24) is 10.2 Å². The Balaban J connectivity index is 1.49. The lowest BCUT2D eigenvalue weighted by atomic mass is 9.95. The van der Waals surface area contributed by atoms with Crippen LogP contribution in [-0.2, 0) is 4.79 Å². The van der Waals surface area contributed by atoms with Crippen molar-refractivity contribution < 1.29 is 9.53 Å². The van der Waals surface area contributed by atoms with E-state index in [1.54, 1.807) is 0 Å². The Morgan fingerprint density at radius 1 is 1.21 bits per heavy atom. The van der Waals surface area contributed by atoms with Crippen LogP contribution in [0.3, 0.4) is 0 Å². The van der Waals surface area contributed by atoms with Gasteiger partial charge in [-0.15, -0.1) is 6.42 Å². The van der Waals surface area contributed by atoms with E-state index in [-0.39, 0.29) is 24.0 Å². The number of nitrogens with one attached hydrogen (secondary N) is 1. The molecule has 1 heterocycles. The second kappa shape index (κ2) is 8.21. The molecule has 0 bridgehead atoms. The average molecular weight is 326 g/mol. The molecule has 1 saturated heterocycles. The van der Waals surface area contributed by atoms with E-state index in [1.165, 1.54) is 0 Å². The van der Waals surface area contributed by atoms with Crippen LogP contribution in [-0.4, -0.2) is 42.6 Å². The number of nitrogens with zero attached hydrogens (tertiary/aromatic N) is 1. The number of para-hydroxylation sites is 1. The van der Waals surface area contributed by atoms with Crippen LogP contribution in [0.15, 0.2) is 30.3 Å². The van der Waals surface area contributed by atoms with E-state index in [2.05, 4.69) is 16.1 Å². The number of benzene rings is 1. The van der Waals surface area contributed by atoms with Gasteiger partial charge in [0.05, 0.1) is 12.6 Å². The maximum atomic E-state index is 12.6. The molecule has 1 aliphatic heterocycles. The summed E-state index contributed by atoms with van der Waals surface area (Å²) in [5.41, 5.74) is 0. The predicted molar refractivity (Wildman–Crippen MR) is 94.6 cm³/mol. The summed E-state index contributed by atoms with van der Waals surface area (Å²) >= 11 is 0. The van der Waals surface area contributed by atoms with Gasteiger partial charge in [0.2, 0.25) is 5.91 Å². The number of piperidine rings is 1. The summed E-state index contributed by atoms with van der Waals surface area (Å²) in [7, 11) is 0. The molecule has 0 aromatic heterocycles. The molecule has 1 aromatic rings. The normalized spacial score (nSPS) is 25.1. The van der Waals surface area contributed by atoms with Crippen LogP contribution >= 0.6 is 0 Å². The van der Waals surface area contributed by atoms with Crippen LogP contribution in [0.25, 0.3) is 0 Å². The molecule has 2 atom stereocenters. The molecule has 4 nitrogen and oxygen atoms in total. The van der Waals surface area contributed by atoms with Gasteiger partial charge < -0.3 is 10.1 Å². The highest BCUT2D eigenvalue weighted by Crippen LogP contribution is 2.26. The molecule has 2 fully saturated rings. The summed E-state index contributed by atoms with van der Waals surface area (Å²) in [6, 6.07) is 10.00. The first-order valence-corrected chi connectivity index (χ1v) is 8.94. The minimum Gasteiger partial charge on any atom is -0.488 e. The summed E-state index contributed by atoms with van der Waals surface area (Å²) in [5.74, 6) is 3.85. The van der Waals surface area contributed by atoms with Crippen LogP contribution in [0.2, 0.25) is 0 Å². The zero-order chi connectivity index (χ0) is 16.8. The van der Waals surface area contributed by atoms with E-state index in [0.717, 1.165) is 50.9 Å². The van der Waals surface area contributed by atoms with E-state index in [0.29, 0.717) is 6.54 Å². The van der Waals surface area contributed by atoms with Gasteiger partial charge in [-0.1, -0.05) is 24.1 Å². The van der Waals surface area contributed by atoms with Crippen LogP contribution in [0.4, 0.5) is 0 Å². The van der Waals surface area contributed by atoms with E-state index >= 15 is 0 Å². The van der Waals surface area contributed by atoms with Gasteiger partial charge in [-0.25, -0.2) is 0 Å². The fourth-order valence-corrected chi connectivity index (χ4v) is 3.69. The lowest BCUT2D eigenvalue weighted by Crippen LogP contribution is -2.47. The first-order valence-electron chi connectivity index (χ1n) is 8.94. The van der Waals surface area contributed by atoms with Crippen molar-refractivity contribution >= 4 is 5.91 Å². The third-order valence-corrected chi connectivity index (χ3v) is 5.08. The molecule has 24 heavy (non-hydrogen) atoms. The zero-order valence-electron chi connectivity index (χ0n) is 14.1. The third kappa shape index (κ3) is 4.30. The predicted octanol–water partition coefficient (Wildman–Crippen LogP) is 2.45. The fourth-order valence-electron chi connectivity index (χ4n) is 3.69. The van der Waals surface area contributed by atoms with Crippen molar-refractivity contribution in [3.05, 3.63) is 30.3 Å². The number of rotatable bonds is 5. The quantitative estimate of drug-likeness (QED) is 0.845. The van der Waals surface area contributed by atoms with Gasteiger partial charge in [0.25, 0.3) is 0 Å². The number of ether oxygens (including phenoxy) is 1. The summed E-state index contributed by atoms with van der Waals surface area (Å²) in [4.78, 5) is 14.8. The first-order chi connectivity index (χ1) is 11.8. The second-order valence-electron chi connectivity index (χ2n) is 6.77. The van der Waals surface area contributed by atoms with Gasteiger partial charge in [0.1, 0.15) is 11.9 Å². The topological polar surface area (TPSA) is 41.6 Å². The molecule has 1 saturated carbocycles. The lowest BCUT2D eigenvalue weighted by Gasteiger charge is -2.31. The van der Waals surface area contributed by atoms with Crippen molar-refractivity contribution in [2.45, 2.75) is 44.2 Å². The van der Waals surface area contributed by atoms with Gasteiger partial charge in [-0.05, 0) is 57.3 Å². The summed E-state index contributed by atoms with van der Waals surface area (Å²) in [5, 5.41) is 3.24. The average Bonchev–Trinajstić information content (AvgIpc) is 3.03. The molecule has 1 amide bonds. The highest BCUT2D eigenvalue weighted by Gasteiger charge is 2.33. The standard InChI is InChI=1S/C20H26N2O2/c1-2-13-22-14-11-16(12-15-22)20(23)21-18-9-6-10-19(18)24-17-7-4-3-5-8-17/h1,3-5,7-8,16,18-19H,6,9-15H2,(H,21,23)/t18-,19-/m0/s1. The zero-order valence-corrected chi connectivity index (χ0v) is 14.1. The number of carbonyl (C=O) groups is 1. The molecule has 4 heteroatoms. The summed E-state index contributed by atoms with van der Waals surface area (Å²) in [6.45, 7) is 2.51. The molecule has 128 valence electrons. The van der Waals surface area contributed by atoms with Crippen LogP contribution in [0, 0.1) is 18.3 Å². The molecule has 1 aromatic carbocycles. The van der Waals surface area contributed by atoms with Crippen molar-refractivity contribution in [3.8, 4) is 18.1 Å². The van der Waals surface area contributed by atoms with E-state index < -0.39 is 0 Å². The van der Waals surface area contributed by atoms with Crippen molar-refractivity contribution in [3.63, 3.8) is 0 Å². The minimum absolute atomic E-state index is 0.0814. The molecule has 1 aliphatic carbocycles. The number of terminal acetylenes is 1. The highest BCUT2D eigenvalue weighted by atomic mass is 16.5. The lowest BCUT2D eigenvalue weighted by molar-refractivity contribution is -0.127. The molecule has 0 unspecified atom stereocenters. The molecule has 1 N–H and O–H groups in total. The first kappa shape index (κ1) is 16.9. The van der Waals surface area contributed by atoms with Gasteiger partial charge in [-0.3, -0.25) is 9.69 Å². The third-order valence-electron chi connectivity index (χ3n) is 5.08. The maximum absolute atomic E-state index is 12.6. The summed E-state index contributed by atoms with van der Waals surface area (Å²) < 4.78 is 6.08. The Kier molecular flexibility index (Phi) is 5.77. The van der Waals surface area contributed by atoms with Crippen molar-refractivity contribution in [1.29, 1.82) is 0 Å². The Morgan fingerprint density at radius 3 is 2.67 bits per heavy atom. The molecule has 3 rings (SSSR count). The monoisotopic (exact) mass is 326 g/mol. The van der Waals surface area contributed by atoms with E-state index in [1.807, 2.05) is 30.3 Å². The Hall–Kier alpha value is -1.99. The molecule has 0 radical (unpaired) electrons. The van der Waals surface area contributed by atoms with Crippen molar-refractivity contribution in [2.75, 3.05) is 19.6 Å².